The minimum absolute atomic E-state index is 0.234. The molecule has 0 N–H and O–H groups in total. The summed E-state index contributed by atoms with van der Waals surface area (Å²) in [5.41, 5.74) is 0.524. The molecule has 5 heteroatoms. The van der Waals surface area contributed by atoms with Crippen LogP contribution in [-0.2, 0) is 11.2 Å². The first-order chi connectivity index (χ1) is 15.5. The zero-order chi connectivity index (χ0) is 22.8. The van der Waals surface area contributed by atoms with Gasteiger partial charge in [-0.2, -0.15) is 0 Å². The maximum Gasteiger partial charge on any atom is 0.164 e. The van der Waals surface area contributed by atoms with Gasteiger partial charge in [-0.05, 0) is 48.3 Å². The molecule has 1 fully saturated rings. The molecule has 1 aliphatic carbocycles. The SMILES string of the molecule is CCCCCC1CCC(c2ccc3c(c2F)C(F)C(F)c2c-3ccc(CCC)c2F)OC1. The third-order valence-electron chi connectivity index (χ3n) is 7.02. The van der Waals surface area contributed by atoms with Crippen molar-refractivity contribution in [2.75, 3.05) is 6.61 Å². The van der Waals surface area contributed by atoms with E-state index < -0.39 is 30.1 Å². The van der Waals surface area contributed by atoms with E-state index in [1.54, 1.807) is 24.3 Å². The van der Waals surface area contributed by atoms with Gasteiger partial charge in [0.05, 0.1) is 12.7 Å². The lowest BCUT2D eigenvalue weighted by atomic mass is 9.80. The molecule has 0 radical (unpaired) electrons. The van der Waals surface area contributed by atoms with Crippen LogP contribution in [0.5, 0.6) is 0 Å². The molecule has 1 heterocycles. The van der Waals surface area contributed by atoms with Gasteiger partial charge in [-0.25, -0.2) is 17.6 Å². The lowest BCUT2D eigenvalue weighted by Gasteiger charge is -2.32. The van der Waals surface area contributed by atoms with Crippen LogP contribution >= 0.6 is 0 Å². The van der Waals surface area contributed by atoms with Gasteiger partial charge in [-0.15, -0.1) is 0 Å². The summed E-state index contributed by atoms with van der Waals surface area (Å²) in [6.07, 6.45) is 2.45. The van der Waals surface area contributed by atoms with Gasteiger partial charge in [0.15, 0.2) is 12.3 Å². The van der Waals surface area contributed by atoms with Crippen molar-refractivity contribution in [3.8, 4) is 11.1 Å². The van der Waals surface area contributed by atoms with Crippen molar-refractivity contribution in [2.45, 2.75) is 83.7 Å². The molecule has 2 aliphatic rings. The van der Waals surface area contributed by atoms with E-state index in [1.807, 2.05) is 6.92 Å². The van der Waals surface area contributed by atoms with Crippen LogP contribution in [0.15, 0.2) is 24.3 Å². The average molecular weight is 449 g/mol. The maximum atomic E-state index is 15.5. The Balaban J connectivity index is 1.62. The molecular weight excluding hydrogens is 416 g/mol. The average Bonchev–Trinajstić information content (AvgIpc) is 2.79. The second-order valence-corrected chi connectivity index (χ2v) is 9.24. The zero-order valence-electron chi connectivity index (χ0n) is 18.9. The molecule has 4 unspecified atom stereocenters. The Bertz CT molecular complexity index is 949. The number of hydrogen-bond acceptors (Lipinski definition) is 1. The number of fused-ring (bicyclic) bond motifs is 3. The maximum absolute atomic E-state index is 15.5. The Labute approximate surface area is 188 Å². The predicted molar refractivity (Wildman–Crippen MR) is 119 cm³/mol. The molecule has 0 amide bonds. The monoisotopic (exact) mass is 448 g/mol. The molecule has 2 aromatic rings. The van der Waals surface area contributed by atoms with Gasteiger partial charge in [0.25, 0.3) is 0 Å². The van der Waals surface area contributed by atoms with Crippen LogP contribution < -0.4 is 0 Å². The molecule has 0 aromatic heterocycles. The summed E-state index contributed by atoms with van der Waals surface area (Å²) in [5, 5.41) is 0. The van der Waals surface area contributed by atoms with E-state index in [2.05, 4.69) is 6.92 Å². The number of hydrogen-bond donors (Lipinski definition) is 0. The Morgan fingerprint density at radius 1 is 0.844 bits per heavy atom. The van der Waals surface area contributed by atoms with Crippen molar-refractivity contribution in [2.24, 2.45) is 5.92 Å². The Hall–Kier alpha value is -1.88. The van der Waals surface area contributed by atoms with Crippen LogP contribution in [0.3, 0.4) is 0 Å². The summed E-state index contributed by atoms with van der Waals surface area (Å²) in [6.45, 7) is 4.63. The number of alkyl halides is 2. The van der Waals surface area contributed by atoms with Crippen LogP contribution in [-0.4, -0.2) is 6.61 Å². The molecule has 0 saturated carbocycles. The van der Waals surface area contributed by atoms with Gasteiger partial charge in [0.1, 0.15) is 11.6 Å². The van der Waals surface area contributed by atoms with E-state index >= 15 is 13.2 Å². The zero-order valence-corrected chi connectivity index (χ0v) is 18.9. The number of halogens is 4. The molecule has 1 saturated heterocycles. The largest absolute Gasteiger partial charge is 0.373 e. The van der Waals surface area contributed by atoms with Crippen molar-refractivity contribution in [3.05, 3.63) is 58.2 Å². The van der Waals surface area contributed by atoms with Crippen LogP contribution in [0.4, 0.5) is 17.6 Å². The topological polar surface area (TPSA) is 9.23 Å². The third-order valence-corrected chi connectivity index (χ3v) is 7.02. The van der Waals surface area contributed by atoms with Crippen molar-refractivity contribution in [1.29, 1.82) is 0 Å². The van der Waals surface area contributed by atoms with Gasteiger partial charge in [-0.3, -0.25) is 0 Å². The summed E-state index contributed by atoms with van der Waals surface area (Å²) >= 11 is 0. The number of rotatable bonds is 7. The number of ether oxygens (including phenoxy) is 1. The first-order valence-corrected chi connectivity index (χ1v) is 12.0. The molecule has 174 valence electrons. The molecule has 2 aromatic carbocycles. The normalized spacial score (nSPS) is 24.8. The Kier molecular flexibility index (Phi) is 7.24. The molecule has 4 rings (SSSR count). The van der Waals surface area contributed by atoms with Gasteiger partial charge >= 0.3 is 0 Å². The van der Waals surface area contributed by atoms with Gasteiger partial charge in [-0.1, -0.05) is 63.8 Å². The van der Waals surface area contributed by atoms with Crippen LogP contribution in [0.1, 0.15) is 99.5 Å². The summed E-state index contributed by atoms with van der Waals surface area (Å²) in [7, 11) is 0. The van der Waals surface area contributed by atoms with Crippen LogP contribution in [0.25, 0.3) is 11.1 Å². The standard InChI is InChI=1S/C27H32F4O/c1-3-5-6-8-16-9-14-21(32-15-16)20-13-12-19-18-11-10-17(7-4-2)24(28)22(18)26(30)27(31)23(19)25(20)29/h10-13,16,21,26-27H,3-9,14-15H2,1-2H3. The quantitative estimate of drug-likeness (QED) is 0.304. The van der Waals surface area contributed by atoms with Crippen molar-refractivity contribution in [1.82, 2.24) is 0 Å². The number of aryl methyl sites for hydroxylation is 1. The lowest BCUT2D eigenvalue weighted by Crippen LogP contribution is -2.23. The summed E-state index contributed by atoms with van der Waals surface area (Å²) in [5.74, 6) is -0.995. The third kappa shape index (κ3) is 4.21. The minimum atomic E-state index is -2.24. The molecule has 4 atom stereocenters. The number of unbranched alkanes of at least 4 members (excludes halogenated alkanes) is 2. The highest BCUT2D eigenvalue weighted by Crippen LogP contribution is 2.51. The first kappa shape index (κ1) is 23.3. The number of benzene rings is 2. The van der Waals surface area contributed by atoms with Crippen LogP contribution in [0.2, 0.25) is 0 Å². The van der Waals surface area contributed by atoms with Crippen LogP contribution in [0, 0.1) is 17.6 Å². The summed E-state index contributed by atoms with van der Waals surface area (Å²) in [6, 6.07) is 6.39. The fourth-order valence-corrected chi connectivity index (χ4v) is 5.22. The van der Waals surface area contributed by atoms with E-state index in [-0.39, 0.29) is 27.8 Å². The Morgan fingerprint density at radius 2 is 1.53 bits per heavy atom. The van der Waals surface area contributed by atoms with Gasteiger partial charge in [0.2, 0.25) is 0 Å². The van der Waals surface area contributed by atoms with Crippen molar-refractivity contribution < 1.29 is 22.3 Å². The molecule has 0 spiro atoms. The highest BCUT2D eigenvalue weighted by atomic mass is 19.2. The van der Waals surface area contributed by atoms with Crippen molar-refractivity contribution >= 4 is 0 Å². The van der Waals surface area contributed by atoms with E-state index in [4.69, 9.17) is 4.74 Å². The van der Waals surface area contributed by atoms with E-state index in [0.717, 1.165) is 12.8 Å². The van der Waals surface area contributed by atoms with E-state index in [9.17, 15) is 4.39 Å². The second-order valence-electron chi connectivity index (χ2n) is 9.24. The highest BCUT2D eigenvalue weighted by molar-refractivity contribution is 5.76. The van der Waals surface area contributed by atoms with Gasteiger partial charge < -0.3 is 4.74 Å². The van der Waals surface area contributed by atoms with Gasteiger partial charge in [0, 0.05) is 16.7 Å². The molecule has 1 nitrogen and oxygen atoms in total. The minimum Gasteiger partial charge on any atom is -0.373 e. The van der Waals surface area contributed by atoms with Crippen molar-refractivity contribution in [3.63, 3.8) is 0 Å². The molecular formula is C27H32F4O. The van der Waals surface area contributed by atoms with E-state index in [0.29, 0.717) is 37.4 Å². The summed E-state index contributed by atoms with van der Waals surface area (Å²) in [4.78, 5) is 0. The lowest BCUT2D eigenvalue weighted by molar-refractivity contribution is -0.0217. The first-order valence-electron chi connectivity index (χ1n) is 12.0. The van der Waals surface area contributed by atoms with E-state index in [1.165, 1.54) is 19.3 Å². The molecule has 32 heavy (non-hydrogen) atoms. The smallest absolute Gasteiger partial charge is 0.164 e. The molecule has 0 bridgehead atoms. The summed E-state index contributed by atoms with van der Waals surface area (Å²) < 4.78 is 66.7. The fourth-order valence-electron chi connectivity index (χ4n) is 5.22. The second kappa shape index (κ2) is 9.94. The fraction of sp³-hybridized carbons (Fsp3) is 0.556. The Morgan fingerprint density at radius 3 is 2.16 bits per heavy atom. The highest BCUT2D eigenvalue weighted by Gasteiger charge is 2.40. The molecule has 1 aliphatic heterocycles. The predicted octanol–water partition coefficient (Wildman–Crippen LogP) is 8.67.